The Labute approximate surface area is 88.3 Å². The molecule has 1 heterocycles. The molecule has 0 radical (unpaired) electrons. The van der Waals surface area contributed by atoms with E-state index >= 15 is 0 Å². The predicted octanol–water partition coefficient (Wildman–Crippen LogP) is 1.81. The molecule has 2 rings (SSSR count). The molecule has 1 aliphatic heterocycles. The van der Waals surface area contributed by atoms with E-state index in [0.717, 1.165) is 12.0 Å². The second kappa shape index (κ2) is 4.63. The van der Waals surface area contributed by atoms with Gasteiger partial charge in [0.25, 0.3) is 0 Å². The summed E-state index contributed by atoms with van der Waals surface area (Å²) in [5.74, 6) is 0.937. The third-order valence-corrected chi connectivity index (χ3v) is 4.07. The van der Waals surface area contributed by atoms with Crippen molar-refractivity contribution in [3.8, 4) is 0 Å². The van der Waals surface area contributed by atoms with E-state index in [4.69, 9.17) is 0 Å². The van der Waals surface area contributed by atoms with Crippen LogP contribution in [0.1, 0.15) is 32.6 Å². The molecule has 1 saturated carbocycles. The van der Waals surface area contributed by atoms with Crippen LogP contribution >= 0.6 is 0 Å². The molecular formula is C12H24N2. The van der Waals surface area contributed by atoms with Crippen molar-refractivity contribution in [2.24, 2.45) is 5.92 Å². The van der Waals surface area contributed by atoms with Crippen LogP contribution < -0.4 is 0 Å². The normalized spacial score (nSPS) is 37.3. The first-order chi connectivity index (χ1) is 6.77. The van der Waals surface area contributed by atoms with E-state index in [9.17, 15) is 0 Å². The Morgan fingerprint density at radius 3 is 2.21 bits per heavy atom. The highest BCUT2D eigenvalue weighted by atomic mass is 15.3. The summed E-state index contributed by atoms with van der Waals surface area (Å²) in [5.41, 5.74) is 0. The van der Waals surface area contributed by atoms with Crippen molar-refractivity contribution < 1.29 is 0 Å². The van der Waals surface area contributed by atoms with Crippen LogP contribution in [0.2, 0.25) is 0 Å². The van der Waals surface area contributed by atoms with Crippen LogP contribution in [0.5, 0.6) is 0 Å². The van der Waals surface area contributed by atoms with Gasteiger partial charge in [-0.05, 0) is 25.8 Å². The smallest absolute Gasteiger partial charge is 0.0122 e. The summed E-state index contributed by atoms with van der Waals surface area (Å²) in [6, 6.07) is 0.900. The third kappa shape index (κ3) is 2.29. The fourth-order valence-electron chi connectivity index (χ4n) is 2.99. The van der Waals surface area contributed by atoms with Crippen molar-refractivity contribution in [1.82, 2.24) is 9.80 Å². The van der Waals surface area contributed by atoms with Gasteiger partial charge >= 0.3 is 0 Å². The zero-order valence-corrected chi connectivity index (χ0v) is 9.71. The Hall–Kier alpha value is -0.0800. The van der Waals surface area contributed by atoms with Gasteiger partial charge < -0.3 is 4.90 Å². The van der Waals surface area contributed by atoms with Crippen LogP contribution in [0.4, 0.5) is 0 Å². The molecule has 2 nitrogen and oxygen atoms in total. The lowest BCUT2D eigenvalue weighted by molar-refractivity contribution is 0.0637. The number of nitrogens with zero attached hydrogens (tertiary/aromatic N) is 2. The summed E-state index contributed by atoms with van der Waals surface area (Å²) in [6.45, 7) is 7.58. The van der Waals surface area contributed by atoms with Gasteiger partial charge in [-0.25, -0.2) is 0 Å². The molecule has 0 aromatic heterocycles. The first-order valence-electron chi connectivity index (χ1n) is 6.20. The van der Waals surface area contributed by atoms with Crippen molar-refractivity contribution in [1.29, 1.82) is 0 Å². The summed E-state index contributed by atoms with van der Waals surface area (Å²) in [7, 11) is 2.24. The minimum atomic E-state index is 0.900. The topological polar surface area (TPSA) is 6.48 Å². The maximum absolute atomic E-state index is 2.74. The molecule has 0 unspecified atom stereocenters. The van der Waals surface area contributed by atoms with Crippen molar-refractivity contribution >= 4 is 0 Å². The fraction of sp³-hybridized carbons (Fsp3) is 1.00. The molecule has 2 fully saturated rings. The van der Waals surface area contributed by atoms with E-state index in [1.54, 1.807) is 0 Å². The van der Waals surface area contributed by atoms with Crippen LogP contribution in [0.15, 0.2) is 0 Å². The van der Waals surface area contributed by atoms with Gasteiger partial charge in [0.05, 0.1) is 0 Å². The van der Waals surface area contributed by atoms with E-state index in [1.165, 1.54) is 51.9 Å². The van der Waals surface area contributed by atoms with Crippen molar-refractivity contribution in [2.45, 2.75) is 38.6 Å². The van der Waals surface area contributed by atoms with Crippen molar-refractivity contribution in [3.05, 3.63) is 0 Å². The minimum absolute atomic E-state index is 0.900. The number of piperazine rings is 1. The summed E-state index contributed by atoms with van der Waals surface area (Å²) < 4.78 is 0. The lowest BCUT2D eigenvalue weighted by Crippen LogP contribution is -2.51. The molecule has 14 heavy (non-hydrogen) atoms. The molecule has 82 valence electrons. The highest BCUT2D eigenvalue weighted by Gasteiger charge is 2.28. The second-order valence-electron chi connectivity index (χ2n) is 5.17. The quantitative estimate of drug-likeness (QED) is 0.631. The zero-order valence-electron chi connectivity index (χ0n) is 9.71. The maximum atomic E-state index is 2.74. The average molecular weight is 196 g/mol. The van der Waals surface area contributed by atoms with Crippen LogP contribution in [-0.2, 0) is 0 Å². The number of hydrogen-bond donors (Lipinski definition) is 0. The Morgan fingerprint density at radius 1 is 0.929 bits per heavy atom. The highest BCUT2D eigenvalue weighted by Crippen LogP contribution is 2.28. The highest BCUT2D eigenvalue weighted by molar-refractivity contribution is 4.83. The van der Waals surface area contributed by atoms with E-state index in [-0.39, 0.29) is 0 Å². The first-order valence-corrected chi connectivity index (χ1v) is 6.20. The van der Waals surface area contributed by atoms with Crippen LogP contribution in [0.25, 0.3) is 0 Å². The number of likely N-dealkylation sites (N-methyl/N-ethyl adjacent to an activating group) is 1. The van der Waals surface area contributed by atoms with Crippen LogP contribution in [0, 0.1) is 5.92 Å². The Morgan fingerprint density at radius 2 is 1.57 bits per heavy atom. The standard InChI is InChI=1S/C12H24N2/c1-11-5-3-4-6-12(11)14-9-7-13(2)8-10-14/h11-12H,3-10H2,1-2H3/t11-,12-/m1/s1. The third-order valence-electron chi connectivity index (χ3n) is 4.07. The van der Waals surface area contributed by atoms with E-state index < -0.39 is 0 Å². The Bertz CT molecular complexity index is 173. The summed E-state index contributed by atoms with van der Waals surface area (Å²) in [4.78, 5) is 5.19. The second-order valence-corrected chi connectivity index (χ2v) is 5.17. The molecule has 0 aromatic rings. The minimum Gasteiger partial charge on any atom is -0.304 e. The summed E-state index contributed by atoms with van der Waals surface area (Å²) >= 11 is 0. The largest absolute Gasteiger partial charge is 0.304 e. The maximum Gasteiger partial charge on any atom is 0.0122 e. The molecule has 0 N–H and O–H groups in total. The van der Waals surface area contributed by atoms with Crippen molar-refractivity contribution in [2.75, 3.05) is 33.2 Å². The molecule has 0 aromatic carbocycles. The van der Waals surface area contributed by atoms with E-state index in [2.05, 4.69) is 23.8 Å². The molecule has 0 bridgehead atoms. The van der Waals surface area contributed by atoms with Gasteiger partial charge in [0.15, 0.2) is 0 Å². The molecule has 2 heteroatoms. The van der Waals surface area contributed by atoms with Gasteiger partial charge in [-0.3, -0.25) is 4.90 Å². The van der Waals surface area contributed by atoms with Gasteiger partial charge in [0.1, 0.15) is 0 Å². The van der Waals surface area contributed by atoms with Gasteiger partial charge in [-0.15, -0.1) is 0 Å². The monoisotopic (exact) mass is 196 g/mol. The number of hydrogen-bond acceptors (Lipinski definition) is 2. The van der Waals surface area contributed by atoms with Gasteiger partial charge in [-0.2, -0.15) is 0 Å². The first kappa shape index (κ1) is 10.4. The summed E-state index contributed by atoms with van der Waals surface area (Å²) in [5, 5.41) is 0. The summed E-state index contributed by atoms with van der Waals surface area (Å²) in [6.07, 6.45) is 5.83. The molecule has 1 saturated heterocycles. The molecular weight excluding hydrogens is 172 g/mol. The van der Waals surface area contributed by atoms with Gasteiger partial charge in [0, 0.05) is 32.2 Å². The average Bonchev–Trinajstić information content (AvgIpc) is 2.20. The van der Waals surface area contributed by atoms with Crippen molar-refractivity contribution in [3.63, 3.8) is 0 Å². The molecule has 2 atom stereocenters. The van der Waals surface area contributed by atoms with Crippen LogP contribution in [-0.4, -0.2) is 49.1 Å². The van der Waals surface area contributed by atoms with E-state index in [1.807, 2.05) is 0 Å². The Balaban J connectivity index is 1.87. The van der Waals surface area contributed by atoms with E-state index in [0.29, 0.717) is 0 Å². The lowest BCUT2D eigenvalue weighted by atomic mass is 9.84. The number of rotatable bonds is 1. The molecule has 2 aliphatic rings. The van der Waals surface area contributed by atoms with Gasteiger partial charge in [0.2, 0.25) is 0 Å². The fourth-order valence-corrected chi connectivity index (χ4v) is 2.99. The zero-order chi connectivity index (χ0) is 9.97. The predicted molar refractivity (Wildman–Crippen MR) is 60.5 cm³/mol. The Kier molecular flexibility index (Phi) is 3.45. The van der Waals surface area contributed by atoms with Crippen LogP contribution in [0.3, 0.4) is 0 Å². The molecule has 0 amide bonds. The molecule has 0 spiro atoms. The van der Waals surface area contributed by atoms with Gasteiger partial charge in [-0.1, -0.05) is 19.8 Å². The lowest BCUT2D eigenvalue weighted by Gasteiger charge is -2.42. The SMILES string of the molecule is C[C@@H]1CCCC[C@H]1N1CCN(C)CC1. The molecule has 1 aliphatic carbocycles.